The van der Waals surface area contributed by atoms with Crippen molar-refractivity contribution in [3.8, 4) is 5.75 Å². The number of ether oxygens (including phenoxy) is 1. The Morgan fingerprint density at radius 2 is 2.28 bits per heavy atom. The van der Waals surface area contributed by atoms with E-state index in [1.807, 2.05) is 6.92 Å². The van der Waals surface area contributed by atoms with Gasteiger partial charge in [-0.15, -0.1) is 0 Å². The standard InChI is InChI=1S/C12H18N2O3S/c1-4-18-8-9(2)13-10-6-5-7-11(17-3)12(10)14(15)16/h5-7,9,13H,4,8H2,1-3H3. The molecule has 0 radical (unpaired) electrons. The van der Waals surface area contributed by atoms with Crippen LogP contribution in [0.25, 0.3) is 0 Å². The molecule has 0 aliphatic carbocycles. The average molecular weight is 270 g/mol. The van der Waals surface area contributed by atoms with Gasteiger partial charge in [0.05, 0.1) is 12.0 Å². The molecule has 0 bridgehead atoms. The first-order valence-electron chi connectivity index (χ1n) is 5.75. The summed E-state index contributed by atoms with van der Waals surface area (Å²) >= 11 is 1.80. The van der Waals surface area contributed by atoms with Crippen LogP contribution < -0.4 is 10.1 Å². The maximum absolute atomic E-state index is 11.1. The summed E-state index contributed by atoms with van der Waals surface area (Å²) in [5.41, 5.74) is 0.497. The van der Waals surface area contributed by atoms with Gasteiger partial charge < -0.3 is 10.1 Å². The Balaban J connectivity index is 2.90. The van der Waals surface area contributed by atoms with Gasteiger partial charge in [0.1, 0.15) is 5.69 Å². The fourth-order valence-electron chi connectivity index (χ4n) is 1.59. The second-order valence-electron chi connectivity index (χ2n) is 3.82. The van der Waals surface area contributed by atoms with Gasteiger partial charge in [0.15, 0.2) is 5.75 Å². The Kier molecular flexibility index (Phi) is 5.77. The third-order valence-corrected chi connectivity index (χ3v) is 3.52. The first-order chi connectivity index (χ1) is 8.60. The molecular weight excluding hydrogens is 252 g/mol. The lowest BCUT2D eigenvalue weighted by Crippen LogP contribution is -2.19. The van der Waals surface area contributed by atoms with Crippen molar-refractivity contribution in [2.45, 2.75) is 19.9 Å². The summed E-state index contributed by atoms with van der Waals surface area (Å²) in [4.78, 5) is 10.7. The molecule has 1 N–H and O–H groups in total. The van der Waals surface area contributed by atoms with Crippen molar-refractivity contribution in [2.24, 2.45) is 0 Å². The zero-order valence-electron chi connectivity index (χ0n) is 10.8. The Labute approximate surface area is 111 Å². The van der Waals surface area contributed by atoms with Crippen LogP contribution in [0.1, 0.15) is 13.8 Å². The molecule has 100 valence electrons. The molecular formula is C12H18N2O3S. The first-order valence-corrected chi connectivity index (χ1v) is 6.91. The predicted molar refractivity (Wildman–Crippen MR) is 75.7 cm³/mol. The molecule has 1 atom stereocenters. The van der Waals surface area contributed by atoms with E-state index in [-0.39, 0.29) is 17.5 Å². The van der Waals surface area contributed by atoms with Crippen LogP contribution >= 0.6 is 11.8 Å². The van der Waals surface area contributed by atoms with Gasteiger partial charge in [-0.3, -0.25) is 10.1 Å². The number of rotatable bonds is 7. The van der Waals surface area contributed by atoms with Gasteiger partial charge in [-0.1, -0.05) is 13.0 Å². The SMILES string of the molecule is CCSCC(C)Nc1cccc(OC)c1[N+](=O)[O-]. The van der Waals surface area contributed by atoms with Crippen LogP contribution in [-0.2, 0) is 0 Å². The summed E-state index contributed by atoms with van der Waals surface area (Å²) in [6, 6.07) is 5.21. The molecule has 0 spiro atoms. The van der Waals surface area contributed by atoms with Crippen LogP contribution in [0.2, 0.25) is 0 Å². The van der Waals surface area contributed by atoms with Gasteiger partial charge in [-0.05, 0) is 24.8 Å². The van der Waals surface area contributed by atoms with E-state index < -0.39 is 4.92 Å². The number of nitrogens with one attached hydrogen (secondary N) is 1. The van der Waals surface area contributed by atoms with Gasteiger partial charge in [0.25, 0.3) is 0 Å². The lowest BCUT2D eigenvalue weighted by Gasteiger charge is -2.15. The lowest BCUT2D eigenvalue weighted by atomic mass is 10.2. The molecule has 0 saturated carbocycles. The van der Waals surface area contributed by atoms with Crippen LogP contribution in [0.3, 0.4) is 0 Å². The molecule has 1 aromatic carbocycles. The number of methoxy groups -OCH3 is 1. The Bertz CT molecular complexity index is 412. The lowest BCUT2D eigenvalue weighted by molar-refractivity contribution is -0.384. The summed E-state index contributed by atoms with van der Waals surface area (Å²) < 4.78 is 5.02. The largest absolute Gasteiger partial charge is 0.490 e. The van der Waals surface area contributed by atoms with E-state index in [4.69, 9.17) is 4.74 Å². The summed E-state index contributed by atoms with van der Waals surface area (Å²) in [5.74, 6) is 2.22. The minimum Gasteiger partial charge on any atom is -0.490 e. The van der Waals surface area contributed by atoms with Crippen molar-refractivity contribution in [3.63, 3.8) is 0 Å². The highest BCUT2D eigenvalue weighted by Crippen LogP contribution is 2.34. The highest BCUT2D eigenvalue weighted by atomic mass is 32.2. The highest BCUT2D eigenvalue weighted by Gasteiger charge is 2.21. The van der Waals surface area contributed by atoms with Gasteiger partial charge in [0, 0.05) is 11.8 Å². The number of hydrogen-bond donors (Lipinski definition) is 1. The van der Waals surface area contributed by atoms with E-state index in [9.17, 15) is 10.1 Å². The fraction of sp³-hybridized carbons (Fsp3) is 0.500. The third kappa shape index (κ3) is 3.80. The van der Waals surface area contributed by atoms with E-state index in [2.05, 4.69) is 12.2 Å². The Morgan fingerprint density at radius 3 is 2.83 bits per heavy atom. The van der Waals surface area contributed by atoms with Crippen LogP contribution in [0.4, 0.5) is 11.4 Å². The van der Waals surface area contributed by atoms with Crippen molar-refractivity contribution in [2.75, 3.05) is 23.9 Å². The van der Waals surface area contributed by atoms with Crippen molar-refractivity contribution in [3.05, 3.63) is 28.3 Å². The molecule has 0 aliphatic rings. The van der Waals surface area contributed by atoms with Crippen molar-refractivity contribution < 1.29 is 9.66 Å². The number of benzene rings is 1. The normalized spacial score (nSPS) is 11.9. The number of nitro groups is 1. The fourth-order valence-corrected chi connectivity index (χ4v) is 2.27. The highest BCUT2D eigenvalue weighted by molar-refractivity contribution is 7.99. The molecule has 6 heteroatoms. The van der Waals surface area contributed by atoms with Crippen LogP contribution in [0.15, 0.2) is 18.2 Å². The molecule has 0 aromatic heterocycles. The predicted octanol–water partition coefficient (Wildman–Crippen LogP) is 3.16. The third-order valence-electron chi connectivity index (χ3n) is 2.38. The molecule has 1 aromatic rings. The van der Waals surface area contributed by atoms with E-state index in [0.717, 1.165) is 11.5 Å². The molecule has 1 unspecified atom stereocenters. The molecule has 5 nitrogen and oxygen atoms in total. The number of thioether (sulfide) groups is 1. The molecule has 0 saturated heterocycles. The van der Waals surface area contributed by atoms with Crippen LogP contribution in [0.5, 0.6) is 5.75 Å². The topological polar surface area (TPSA) is 64.4 Å². The van der Waals surface area contributed by atoms with Gasteiger partial charge in [-0.25, -0.2) is 0 Å². The van der Waals surface area contributed by atoms with Gasteiger partial charge in [-0.2, -0.15) is 11.8 Å². The smallest absolute Gasteiger partial charge is 0.333 e. The maximum atomic E-state index is 11.1. The number of anilines is 1. The monoisotopic (exact) mass is 270 g/mol. The molecule has 1 rings (SSSR count). The summed E-state index contributed by atoms with van der Waals surface area (Å²) in [5, 5.41) is 14.2. The summed E-state index contributed by atoms with van der Waals surface area (Å²) in [6.07, 6.45) is 0. The van der Waals surface area contributed by atoms with E-state index in [1.165, 1.54) is 7.11 Å². The number of para-hydroxylation sites is 1. The minimum atomic E-state index is -0.416. The zero-order chi connectivity index (χ0) is 13.5. The first kappa shape index (κ1) is 14.6. The second kappa shape index (κ2) is 7.10. The number of hydrogen-bond acceptors (Lipinski definition) is 5. The molecule has 0 heterocycles. The van der Waals surface area contributed by atoms with Crippen molar-refractivity contribution >= 4 is 23.1 Å². The maximum Gasteiger partial charge on any atom is 0.333 e. The van der Waals surface area contributed by atoms with Crippen LogP contribution in [0, 0.1) is 10.1 Å². The Morgan fingerprint density at radius 1 is 1.56 bits per heavy atom. The van der Waals surface area contributed by atoms with Gasteiger partial charge >= 0.3 is 5.69 Å². The molecule has 0 fully saturated rings. The quantitative estimate of drug-likeness (QED) is 0.609. The summed E-state index contributed by atoms with van der Waals surface area (Å²) in [7, 11) is 1.43. The summed E-state index contributed by atoms with van der Waals surface area (Å²) in [6.45, 7) is 4.09. The molecule has 18 heavy (non-hydrogen) atoms. The van der Waals surface area contributed by atoms with Crippen LogP contribution in [-0.4, -0.2) is 29.6 Å². The second-order valence-corrected chi connectivity index (χ2v) is 5.14. The van der Waals surface area contributed by atoms with E-state index in [0.29, 0.717) is 5.69 Å². The van der Waals surface area contributed by atoms with E-state index in [1.54, 1.807) is 30.0 Å². The molecule has 0 amide bonds. The number of nitrogens with zero attached hydrogens (tertiary/aromatic N) is 1. The minimum absolute atomic E-state index is 0.00616. The molecule has 0 aliphatic heterocycles. The zero-order valence-corrected chi connectivity index (χ0v) is 11.6. The van der Waals surface area contributed by atoms with Crippen molar-refractivity contribution in [1.29, 1.82) is 0 Å². The van der Waals surface area contributed by atoms with E-state index >= 15 is 0 Å². The van der Waals surface area contributed by atoms with Gasteiger partial charge in [0.2, 0.25) is 0 Å². The number of nitro benzene ring substituents is 1. The average Bonchev–Trinajstić information content (AvgIpc) is 2.35. The Hall–Kier alpha value is -1.43. The van der Waals surface area contributed by atoms with Crippen molar-refractivity contribution in [1.82, 2.24) is 0 Å².